The number of nitrogens with zero attached hydrogens (tertiary/aromatic N) is 2. The molecule has 3 aromatic rings. The molecule has 2 heterocycles. The van der Waals surface area contributed by atoms with Crippen LogP contribution >= 0.6 is 0 Å². The Morgan fingerprint density at radius 2 is 1.17 bits per heavy atom. The highest BCUT2D eigenvalue weighted by Crippen LogP contribution is 2.35. The molecule has 2 bridgehead atoms. The molecular weight excluding hydrogens is 458 g/mol. The van der Waals surface area contributed by atoms with Gasteiger partial charge in [-0.25, -0.2) is 4.98 Å². The third-order valence-corrected chi connectivity index (χ3v) is 5.89. The molecular formula is C28H37N3O5. The predicted octanol–water partition coefficient (Wildman–Crippen LogP) is 5.35. The van der Waals surface area contributed by atoms with E-state index >= 15 is 0 Å². The first-order valence-corrected chi connectivity index (χ1v) is 12.4. The van der Waals surface area contributed by atoms with Gasteiger partial charge in [-0.1, -0.05) is 53.7 Å². The minimum absolute atomic E-state index is 0.0204. The van der Waals surface area contributed by atoms with E-state index in [0.29, 0.717) is 61.1 Å². The lowest BCUT2D eigenvalue weighted by Gasteiger charge is -2.22. The summed E-state index contributed by atoms with van der Waals surface area (Å²) in [6.45, 7) is 15.1. The molecule has 0 spiro atoms. The summed E-state index contributed by atoms with van der Waals surface area (Å²) >= 11 is 0. The molecule has 36 heavy (non-hydrogen) atoms. The molecule has 1 N–H and O–H groups in total. The predicted molar refractivity (Wildman–Crippen MR) is 137 cm³/mol. The number of aromatic nitrogens is 3. The van der Waals surface area contributed by atoms with Gasteiger partial charge in [0.05, 0.1) is 13.2 Å². The van der Waals surface area contributed by atoms with Gasteiger partial charge in [0.15, 0.2) is 34.6 Å². The summed E-state index contributed by atoms with van der Waals surface area (Å²) < 4.78 is 29.9. The first-order chi connectivity index (χ1) is 17.1. The summed E-state index contributed by atoms with van der Waals surface area (Å²) in [6.07, 6.45) is 0. The van der Waals surface area contributed by atoms with Crippen LogP contribution in [-0.4, -0.2) is 41.6 Å². The van der Waals surface area contributed by atoms with Crippen molar-refractivity contribution >= 4 is 0 Å². The molecule has 0 aliphatic carbocycles. The van der Waals surface area contributed by atoms with E-state index < -0.39 is 0 Å². The normalized spacial score (nSPS) is 15.6. The van der Waals surface area contributed by atoms with Crippen LogP contribution in [0.15, 0.2) is 36.4 Å². The van der Waals surface area contributed by atoms with E-state index in [1.165, 1.54) is 0 Å². The zero-order valence-electron chi connectivity index (χ0n) is 22.1. The fraction of sp³-hybridized carbons (Fsp3) is 0.500. The number of ether oxygens (including phenoxy) is 5. The molecule has 1 aliphatic rings. The largest absolute Gasteiger partial charge is 0.487 e. The zero-order chi connectivity index (χ0) is 25.8. The number of nitrogens with one attached hydrogen (secondary N) is 1. The van der Waals surface area contributed by atoms with Crippen LogP contribution in [0.3, 0.4) is 0 Å². The number of rotatable bonds is 0. The number of hydrogen-bond acceptors (Lipinski definition) is 7. The van der Waals surface area contributed by atoms with Gasteiger partial charge in [-0.05, 0) is 46.2 Å². The second-order valence-electron chi connectivity index (χ2n) is 10.9. The van der Waals surface area contributed by atoms with Gasteiger partial charge in [-0.2, -0.15) is 5.10 Å². The Labute approximate surface area is 213 Å². The number of fused-ring (bicyclic) bond motifs is 4. The van der Waals surface area contributed by atoms with E-state index in [-0.39, 0.29) is 24.0 Å². The zero-order valence-corrected chi connectivity index (χ0v) is 22.1. The van der Waals surface area contributed by atoms with Crippen molar-refractivity contribution in [3.8, 4) is 23.0 Å². The third kappa shape index (κ3) is 6.69. The molecule has 8 nitrogen and oxygen atoms in total. The van der Waals surface area contributed by atoms with E-state index in [1.807, 2.05) is 24.3 Å². The Kier molecular flexibility index (Phi) is 7.73. The first-order valence-electron chi connectivity index (χ1n) is 12.4. The van der Waals surface area contributed by atoms with Crippen molar-refractivity contribution in [1.29, 1.82) is 0 Å². The average Bonchev–Trinajstić information content (AvgIpc) is 3.27. The highest BCUT2D eigenvalue weighted by Gasteiger charge is 2.19. The molecule has 1 aromatic heterocycles. The summed E-state index contributed by atoms with van der Waals surface area (Å²) in [4.78, 5) is 4.54. The van der Waals surface area contributed by atoms with Crippen LogP contribution < -0.4 is 18.9 Å². The smallest absolute Gasteiger partial charge is 0.188 e. The maximum Gasteiger partial charge on any atom is 0.188 e. The second-order valence-corrected chi connectivity index (χ2v) is 10.9. The number of benzene rings is 2. The molecule has 0 radical (unpaired) electrons. The fourth-order valence-corrected chi connectivity index (χ4v) is 3.69. The van der Waals surface area contributed by atoms with Crippen molar-refractivity contribution < 1.29 is 23.7 Å². The molecule has 4 rings (SSSR count). The van der Waals surface area contributed by atoms with Crippen LogP contribution in [-0.2, 0) is 28.8 Å². The lowest BCUT2D eigenvalue weighted by atomic mass is 9.87. The Morgan fingerprint density at radius 3 is 1.69 bits per heavy atom. The van der Waals surface area contributed by atoms with E-state index in [9.17, 15) is 0 Å². The molecule has 194 valence electrons. The number of aromatic amines is 1. The van der Waals surface area contributed by atoms with Gasteiger partial charge in [0.2, 0.25) is 0 Å². The Hall–Kier alpha value is -3.26. The minimum atomic E-state index is -0.0221. The fourth-order valence-electron chi connectivity index (χ4n) is 3.69. The molecule has 2 aromatic carbocycles. The second kappa shape index (κ2) is 10.8. The van der Waals surface area contributed by atoms with Crippen molar-refractivity contribution in [3.05, 3.63) is 59.2 Å². The highest BCUT2D eigenvalue weighted by atomic mass is 16.6. The van der Waals surface area contributed by atoms with Crippen LogP contribution in [0.2, 0.25) is 0 Å². The summed E-state index contributed by atoms with van der Waals surface area (Å²) in [5, 5.41) is 7.25. The Bertz CT molecular complexity index is 1070. The van der Waals surface area contributed by atoms with Gasteiger partial charge >= 0.3 is 0 Å². The minimum Gasteiger partial charge on any atom is -0.487 e. The van der Waals surface area contributed by atoms with Crippen LogP contribution in [0.25, 0.3) is 0 Å². The van der Waals surface area contributed by atoms with E-state index in [4.69, 9.17) is 23.7 Å². The van der Waals surface area contributed by atoms with Crippen LogP contribution in [0.4, 0.5) is 0 Å². The van der Waals surface area contributed by atoms with Crippen LogP contribution in [0.5, 0.6) is 23.0 Å². The van der Waals surface area contributed by atoms with Crippen molar-refractivity contribution in [2.45, 2.75) is 65.6 Å². The Morgan fingerprint density at radius 1 is 0.639 bits per heavy atom. The average molecular weight is 496 g/mol. The van der Waals surface area contributed by atoms with Crippen LogP contribution in [0, 0.1) is 0 Å². The standard InChI is InChI=1S/C28H37N3O5/c1-27(2,3)19-7-9-21-23(15-19)35-17-25-29-26(31-30-25)18-36-24-16-20(28(4,5)6)8-10-22(24)34-14-12-32-11-13-33-21/h7-10,15-16H,11-14,17-18H2,1-6H3,(H,29,30,31). The number of hydrogen-bond donors (Lipinski definition) is 1. The van der Waals surface area contributed by atoms with Crippen molar-refractivity contribution in [3.63, 3.8) is 0 Å². The quantitative estimate of drug-likeness (QED) is 0.450. The van der Waals surface area contributed by atoms with Gasteiger partial charge in [-0.3, -0.25) is 5.10 Å². The van der Waals surface area contributed by atoms with Gasteiger partial charge in [0.25, 0.3) is 0 Å². The monoisotopic (exact) mass is 495 g/mol. The Balaban J connectivity index is 1.56. The summed E-state index contributed by atoms with van der Waals surface area (Å²) in [6, 6.07) is 12.1. The van der Waals surface area contributed by atoms with Crippen molar-refractivity contribution in [2.75, 3.05) is 26.4 Å². The maximum absolute atomic E-state index is 6.12. The molecule has 0 saturated heterocycles. The molecule has 0 fully saturated rings. The van der Waals surface area contributed by atoms with Gasteiger partial charge < -0.3 is 23.7 Å². The summed E-state index contributed by atoms with van der Waals surface area (Å²) in [7, 11) is 0. The van der Waals surface area contributed by atoms with Gasteiger partial charge in [-0.15, -0.1) is 0 Å². The lowest BCUT2D eigenvalue weighted by Crippen LogP contribution is -2.15. The van der Waals surface area contributed by atoms with E-state index in [0.717, 1.165) is 11.1 Å². The summed E-state index contributed by atoms with van der Waals surface area (Å²) in [5.41, 5.74) is 2.26. The molecule has 1 aliphatic heterocycles. The van der Waals surface area contributed by atoms with Crippen LogP contribution in [0.1, 0.15) is 64.3 Å². The van der Waals surface area contributed by atoms with E-state index in [1.54, 1.807) is 0 Å². The molecule has 0 atom stereocenters. The third-order valence-electron chi connectivity index (χ3n) is 5.89. The molecule has 8 heteroatoms. The topological polar surface area (TPSA) is 87.7 Å². The molecule has 0 amide bonds. The lowest BCUT2D eigenvalue weighted by molar-refractivity contribution is 0.0743. The number of H-pyrrole nitrogens is 1. The van der Waals surface area contributed by atoms with Crippen molar-refractivity contribution in [1.82, 2.24) is 15.2 Å². The van der Waals surface area contributed by atoms with Gasteiger partial charge in [0, 0.05) is 0 Å². The summed E-state index contributed by atoms with van der Waals surface area (Å²) in [5.74, 6) is 3.76. The van der Waals surface area contributed by atoms with E-state index in [2.05, 4.69) is 68.9 Å². The van der Waals surface area contributed by atoms with Crippen molar-refractivity contribution in [2.24, 2.45) is 0 Å². The molecule has 0 saturated carbocycles. The molecule has 0 unspecified atom stereocenters. The highest BCUT2D eigenvalue weighted by molar-refractivity contribution is 5.46. The maximum atomic E-state index is 6.12. The SMILES string of the molecule is CC(C)(C)c1ccc2c(c1)OCc1n[nH]c(n1)COc1cc(C(C)(C)C)ccc1OCCOCCO2. The van der Waals surface area contributed by atoms with Gasteiger partial charge in [0.1, 0.15) is 26.4 Å². The first kappa shape index (κ1) is 25.8.